The van der Waals surface area contributed by atoms with E-state index < -0.39 is 6.09 Å². The van der Waals surface area contributed by atoms with Crippen LogP contribution in [0.4, 0.5) is 4.79 Å². The first-order valence-corrected chi connectivity index (χ1v) is 7.13. The molecule has 0 unspecified atom stereocenters. The molecule has 0 aliphatic heterocycles. The third-order valence-electron chi connectivity index (χ3n) is 2.89. The predicted molar refractivity (Wildman–Crippen MR) is 86.8 cm³/mol. The van der Waals surface area contributed by atoms with Gasteiger partial charge in [0.25, 0.3) is 0 Å². The molecule has 0 bridgehead atoms. The summed E-state index contributed by atoms with van der Waals surface area (Å²) in [5.74, 6) is 0.0204. The number of hydrogen-bond donors (Lipinski definition) is 2. The van der Waals surface area contributed by atoms with E-state index in [0.717, 1.165) is 5.56 Å². The Hall–Kier alpha value is -2.46. The van der Waals surface area contributed by atoms with Crippen LogP contribution >= 0.6 is 11.6 Å². The first-order chi connectivity index (χ1) is 10.7. The van der Waals surface area contributed by atoms with Crippen molar-refractivity contribution in [2.24, 2.45) is 0 Å². The summed E-state index contributed by atoms with van der Waals surface area (Å²) in [5.41, 5.74) is 1.52. The number of carbonyl (C=O) groups excluding carboxylic acids is 1. The van der Waals surface area contributed by atoms with Gasteiger partial charge in [0, 0.05) is 12.1 Å². The van der Waals surface area contributed by atoms with Crippen LogP contribution in [0.15, 0.2) is 54.6 Å². The van der Waals surface area contributed by atoms with Gasteiger partial charge < -0.3 is 15.2 Å². The number of carbonyl (C=O) groups is 1. The summed E-state index contributed by atoms with van der Waals surface area (Å²) >= 11 is 5.80. The van der Waals surface area contributed by atoms with Gasteiger partial charge >= 0.3 is 6.09 Å². The molecule has 0 aromatic heterocycles. The molecule has 5 heteroatoms. The molecule has 0 saturated carbocycles. The highest BCUT2D eigenvalue weighted by molar-refractivity contribution is 6.32. The van der Waals surface area contributed by atoms with Crippen LogP contribution in [-0.4, -0.2) is 17.7 Å². The average Bonchev–Trinajstić information content (AvgIpc) is 2.54. The normalized spacial score (nSPS) is 10.6. The largest absolute Gasteiger partial charge is 0.506 e. The fourth-order valence-electron chi connectivity index (χ4n) is 1.77. The molecule has 114 valence electrons. The maximum absolute atomic E-state index is 11.5. The van der Waals surface area contributed by atoms with E-state index in [1.165, 1.54) is 0 Å². The lowest BCUT2D eigenvalue weighted by atomic mass is 10.2. The molecular weight excluding hydrogens is 302 g/mol. The molecule has 4 nitrogen and oxygen atoms in total. The maximum Gasteiger partial charge on any atom is 0.407 e. The van der Waals surface area contributed by atoms with Gasteiger partial charge in [-0.1, -0.05) is 66.2 Å². The van der Waals surface area contributed by atoms with Gasteiger partial charge in [0.1, 0.15) is 12.4 Å². The fourth-order valence-corrected chi connectivity index (χ4v) is 1.95. The van der Waals surface area contributed by atoms with Crippen LogP contribution in [0.3, 0.4) is 0 Å². The number of phenols is 1. The minimum Gasteiger partial charge on any atom is -0.506 e. The van der Waals surface area contributed by atoms with Crippen molar-refractivity contribution in [1.29, 1.82) is 0 Å². The van der Waals surface area contributed by atoms with Gasteiger partial charge in [-0.3, -0.25) is 0 Å². The summed E-state index contributed by atoms with van der Waals surface area (Å²) in [5, 5.41) is 12.6. The number of aromatic hydroxyl groups is 1. The number of amides is 1. The number of alkyl carbamates (subject to hydrolysis) is 1. The number of ether oxygens (including phenoxy) is 1. The predicted octanol–water partition coefficient (Wildman–Crippen LogP) is 3.99. The van der Waals surface area contributed by atoms with Crippen molar-refractivity contribution in [1.82, 2.24) is 5.32 Å². The van der Waals surface area contributed by atoms with Crippen molar-refractivity contribution < 1.29 is 14.6 Å². The molecule has 22 heavy (non-hydrogen) atoms. The topological polar surface area (TPSA) is 58.6 Å². The summed E-state index contributed by atoms with van der Waals surface area (Å²) in [6.45, 7) is 0.519. The number of nitrogens with one attached hydrogen (secondary N) is 1. The lowest BCUT2D eigenvalue weighted by Gasteiger charge is -2.05. The second-order valence-corrected chi connectivity index (χ2v) is 4.93. The van der Waals surface area contributed by atoms with E-state index >= 15 is 0 Å². The van der Waals surface area contributed by atoms with Crippen LogP contribution < -0.4 is 5.32 Å². The minimum atomic E-state index is -0.496. The Morgan fingerprint density at radius 3 is 2.73 bits per heavy atom. The number of phenolic OH excluding ortho intramolecular Hbond substituents is 1. The number of para-hydroxylation sites is 1. The molecule has 0 spiro atoms. The zero-order valence-corrected chi connectivity index (χ0v) is 12.6. The van der Waals surface area contributed by atoms with Gasteiger partial charge in [0.05, 0.1) is 5.02 Å². The monoisotopic (exact) mass is 317 g/mol. The Morgan fingerprint density at radius 1 is 1.18 bits per heavy atom. The molecule has 0 aliphatic carbocycles. The molecule has 2 N–H and O–H groups in total. The van der Waals surface area contributed by atoms with Crippen molar-refractivity contribution in [3.63, 3.8) is 0 Å². The molecule has 1 amide bonds. The Balaban J connectivity index is 1.75. The van der Waals surface area contributed by atoms with Crippen molar-refractivity contribution in [3.8, 4) is 5.75 Å². The molecule has 2 aromatic rings. The molecule has 0 fully saturated rings. The average molecular weight is 318 g/mol. The standard InChI is InChI=1S/C17H16ClNO3/c18-15-10-4-8-14(16(15)20)9-5-11-19-17(21)22-12-13-6-2-1-3-7-13/h1-10,20H,11-12H2,(H,19,21). The highest BCUT2D eigenvalue weighted by atomic mass is 35.5. The zero-order valence-electron chi connectivity index (χ0n) is 11.8. The number of hydrogen-bond acceptors (Lipinski definition) is 3. The Labute approximate surface area is 134 Å². The summed E-state index contributed by atoms with van der Waals surface area (Å²) in [4.78, 5) is 11.5. The Kier molecular flexibility index (Phi) is 5.86. The molecule has 2 rings (SSSR count). The molecule has 0 atom stereocenters. The van der Waals surface area contributed by atoms with Crippen LogP contribution in [0.1, 0.15) is 11.1 Å². The van der Waals surface area contributed by atoms with Crippen molar-refractivity contribution in [2.75, 3.05) is 6.54 Å². The minimum absolute atomic E-state index is 0.0204. The van der Waals surface area contributed by atoms with Crippen molar-refractivity contribution >= 4 is 23.8 Å². The van der Waals surface area contributed by atoms with Gasteiger partial charge in [-0.05, 0) is 11.6 Å². The van der Waals surface area contributed by atoms with Crippen molar-refractivity contribution in [2.45, 2.75) is 6.61 Å². The third-order valence-corrected chi connectivity index (χ3v) is 3.20. The van der Waals surface area contributed by atoms with Gasteiger partial charge in [-0.2, -0.15) is 0 Å². The van der Waals surface area contributed by atoms with E-state index in [1.54, 1.807) is 30.4 Å². The van der Waals surface area contributed by atoms with Crippen LogP contribution in [0.2, 0.25) is 5.02 Å². The molecule has 0 aliphatic rings. The van der Waals surface area contributed by atoms with Gasteiger partial charge in [0.2, 0.25) is 0 Å². The Bertz CT molecular complexity index is 656. The lowest BCUT2D eigenvalue weighted by molar-refractivity contribution is 0.141. The molecule has 0 radical (unpaired) electrons. The summed E-state index contributed by atoms with van der Waals surface area (Å²) in [7, 11) is 0. The maximum atomic E-state index is 11.5. The first-order valence-electron chi connectivity index (χ1n) is 6.75. The van der Waals surface area contributed by atoms with E-state index in [9.17, 15) is 9.90 Å². The molecule has 0 saturated heterocycles. The van der Waals surface area contributed by atoms with Gasteiger partial charge in [-0.15, -0.1) is 0 Å². The number of halogens is 1. The van der Waals surface area contributed by atoms with Crippen LogP contribution in [0.25, 0.3) is 6.08 Å². The van der Waals surface area contributed by atoms with E-state index in [1.807, 2.05) is 30.3 Å². The van der Waals surface area contributed by atoms with Crippen LogP contribution in [-0.2, 0) is 11.3 Å². The number of benzene rings is 2. The SMILES string of the molecule is O=C(NCC=Cc1cccc(Cl)c1O)OCc1ccccc1. The van der Waals surface area contributed by atoms with E-state index in [0.29, 0.717) is 12.1 Å². The summed E-state index contributed by atoms with van der Waals surface area (Å²) in [6.07, 6.45) is 2.89. The highest BCUT2D eigenvalue weighted by Crippen LogP contribution is 2.27. The second-order valence-electron chi connectivity index (χ2n) is 4.52. The summed E-state index contributed by atoms with van der Waals surface area (Å²) in [6, 6.07) is 14.5. The lowest BCUT2D eigenvalue weighted by Crippen LogP contribution is -2.24. The summed E-state index contributed by atoms with van der Waals surface area (Å²) < 4.78 is 5.07. The van der Waals surface area contributed by atoms with Crippen molar-refractivity contribution in [3.05, 3.63) is 70.8 Å². The third kappa shape index (κ3) is 4.82. The van der Waals surface area contributed by atoms with Crippen LogP contribution in [0, 0.1) is 0 Å². The first kappa shape index (κ1) is 15.9. The molecule has 2 aromatic carbocycles. The Morgan fingerprint density at radius 2 is 1.95 bits per heavy atom. The quantitative estimate of drug-likeness (QED) is 0.876. The van der Waals surface area contributed by atoms with Gasteiger partial charge in [-0.25, -0.2) is 4.79 Å². The fraction of sp³-hybridized carbons (Fsp3) is 0.118. The van der Waals surface area contributed by atoms with E-state index in [2.05, 4.69) is 5.32 Å². The van der Waals surface area contributed by atoms with Gasteiger partial charge in [0.15, 0.2) is 0 Å². The second kappa shape index (κ2) is 8.10. The number of rotatable bonds is 5. The highest BCUT2D eigenvalue weighted by Gasteiger charge is 2.02. The van der Waals surface area contributed by atoms with Crippen LogP contribution in [0.5, 0.6) is 5.75 Å². The molecule has 0 heterocycles. The smallest absolute Gasteiger partial charge is 0.407 e. The van der Waals surface area contributed by atoms with E-state index in [-0.39, 0.29) is 17.4 Å². The molecular formula is C17H16ClNO3. The van der Waals surface area contributed by atoms with E-state index in [4.69, 9.17) is 16.3 Å². The zero-order chi connectivity index (χ0) is 15.8.